The number of nitrogens with one attached hydrogen (secondary N) is 1. The number of primary amides is 1. The zero-order chi connectivity index (χ0) is 14.6. The van der Waals surface area contributed by atoms with E-state index in [-0.39, 0.29) is 6.03 Å². The van der Waals surface area contributed by atoms with Gasteiger partial charge in [-0.05, 0) is 13.8 Å². The monoisotopic (exact) mass is 272 g/mol. The van der Waals surface area contributed by atoms with Crippen molar-refractivity contribution in [1.82, 2.24) is 15.1 Å². The average Bonchev–Trinajstić information content (AvgIpc) is 2.37. The molecule has 0 aromatic carbocycles. The maximum absolute atomic E-state index is 11.8. The Hall–Kier alpha value is -1.83. The number of amides is 3. The van der Waals surface area contributed by atoms with Crippen LogP contribution in [-0.2, 0) is 9.59 Å². The molecule has 2 unspecified atom stereocenters. The lowest BCUT2D eigenvalue weighted by Gasteiger charge is -2.36. The van der Waals surface area contributed by atoms with Gasteiger partial charge in [-0.25, -0.2) is 4.79 Å². The summed E-state index contributed by atoms with van der Waals surface area (Å²) in [5.41, 5.74) is 5.06. The zero-order valence-electron chi connectivity index (χ0n) is 11.1. The summed E-state index contributed by atoms with van der Waals surface area (Å²) < 4.78 is 0. The predicted octanol–water partition coefficient (Wildman–Crippen LogP) is -1.34. The molecule has 1 heterocycles. The van der Waals surface area contributed by atoms with Crippen LogP contribution in [0.1, 0.15) is 13.8 Å². The van der Waals surface area contributed by atoms with Gasteiger partial charge in [-0.2, -0.15) is 0 Å². The van der Waals surface area contributed by atoms with Gasteiger partial charge in [0.15, 0.2) is 0 Å². The van der Waals surface area contributed by atoms with Crippen LogP contribution < -0.4 is 11.1 Å². The number of piperazine rings is 1. The van der Waals surface area contributed by atoms with Crippen LogP contribution in [0.3, 0.4) is 0 Å². The summed E-state index contributed by atoms with van der Waals surface area (Å²) in [6.45, 7) is 4.97. The predicted molar refractivity (Wildman–Crippen MR) is 67.4 cm³/mol. The molecule has 2 atom stereocenters. The zero-order valence-corrected chi connectivity index (χ0v) is 11.1. The molecule has 0 aromatic rings. The van der Waals surface area contributed by atoms with Gasteiger partial charge in [0.05, 0.1) is 0 Å². The van der Waals surface area contributed by atoms with Crippen LogP contribution >= 0.6 is 0 Å². The molecule has 1 aliphatic heterocycles. The van der Waals surface area contributed by atoms with Gasteiger partial charge in [0.25, 0.3) is 0 Å². The number of nitrogens with zero attached hydrogens (tertiary/aromatic N) is 2. The molecule has 0 saturated carbocycles. The maximum atomic E-state index is 11.8. The molecule has 3 amide bonds. The van der Waals surface area contributed by atoms with Gasteiger partial charge in [-0.15, -0.1) is 0 Å². The van der Waals surface area contributed by atoms with Crippen LogP contribution in [0.2, 0.25) is 0 Å². The summed E-state index contributed by atoms with van der Waals surface area (Å²) in [5, 5.41) is 11.4. The first-order chi connectivity index (χ1) is 8.82. The fourth-order valence-electron chi connectivity index (χ4n) is 1.82. The number of hydrogen-bond acceptors (Lipinski definition) is 4. The van der Waals surface area contributed by atoms with E-state index in [1.807, 2.05) is 0 Å². The van der Waals surface area contributed by atoms with Crippen LogP contribution in [-0.4, -0.2) is 71.1 Å². The van der Waals surface area contributed by atoms with E-state index in [4.69, 9.17) is 10.8 Å². The second-order valence-electron chi connectivity index (χ2n) is 4.61. The minimum atomic E-state index is -0.875. The number of carbonyl (C=O) groups excluding carboxylic acids is 2. The normalized spacial score (nSPS) is 19.6. The molecule has 8 nitrogen and oxygen atoms in total. The van der Waals surface area contributed by atoms with Crippen molar-refractivity contribution in [1.29, 1.82) is 0 Å². The summed E-state index contributed by atoms with van der Waals surface area (Å²) in [5.74, 6) is -1.47. The minimum Gasteiger partial charge on any atom is -0.480 e. The lowest BCUT2D eigenvalue weighted by Crippen LogP contribution is -2.57. The highest BCUT2D eigenvalue weighted by Crippen LogP contribution is 2.06. The molecule has 0 bridgehead atoms. The molecule has 8 heteroatoms. The van der Waals surface area contributed by atoms with Crippen LogP contribution in [0.5, 0.6) is 0 Å². The third kappa shape index (κ3) is 4.09. The Morgan fingerprint density at radius 2 is 1.68 bits per heavy atom. The third-order valence-corrected chi connectivity index (χ3v) is 3.27. The van der Waals surface area contributed by atoms with Crippen LogP contribution in [0.4, 0.5) is 4.79 Å². The molecule has 1 saturated heterocycles. The van der Waals surface area contributed by atoms with Crippen molar-refractivity contribution in [2.75, 3.05) is 26.2 Å². The first-order valence-corrected chi connectivity index (χ1v) is 6.14. The summed E-state index contributed by atoms with van der Waals surface area (Å²) in [7, 11) is 0. The van der Waals surface area contributed by atoms with E-state index in [9.17, 15) is 14.4 Å². The molecule has 1 fully saturated rings. The Labute approximate surface area is 111 Å². The topological polar surface area (TPSA) is 116 Å². The molecule has 0 spiro atoms. The van der Waals surface area contributed by atoms with Crippen molar-refractivity contribution in [3.05, 3.63) is 0 Å². The summed E-state index contributed by atoms with van der Waals surface area (Å²) in [6, 6.07) is -1.63. The van der Waals surface area contributed by atoms with Gasteiger partial charge >= 0.3 is 12.0 Å². The van der Waals surface area contributed by atoms with E-state index in [0.29, 0.717) is 26.2 Å². The Morgan fingerprint density at radius 3 is 2.11 bits per heavy atom. The first-order valence-electron chi connectivity index (χ1n) is 6.14. The summed E-state index contributed by atoms with van der Waals surface area (Å²) in [4.78, 5) is 36.8. The fraction of sp³-hybridized carbons (Fsp3) is 0.727. The molecule has 1 aliphatic rings. The van der Waals surface area contributed by atoms with Crippen molar-refractivity contribution >= 4 is 17.9 Å². The number of carbonyl (C=O) groups is 3. The number of urea groups is 1. The Morgan fingerprint density at radius 1 is 1.16 bits per heavy atom. The van der Waals surface area contributed by atoms with E-state index in [0.717, 1.165) is 0 Å². The molecule has 108 valence electrons. The Balaban J connectivity index is 2.43. The number of hydrogen-bond donors (Lipinski definition) is 3. The fourth-order valence-corrected chi connectivity index (χ4v) is 1.82. The smallest absolute Gasteiger partial charge is 0.320 e. The number of carboxylic acids is 1. The number of carboxylic acid groups (broad SMARTS) is 1. The molecule has 0 radical (unpaired) electrons. The minimum absolute atomic E-state index is 0.353. The van der Waals surface area contributed by atoms with E-state index in [2.05, 4.69) is 5.32 Å². The van der Waals surface area contributed by atoms with E-state index in [1.54, 1.807) is 16.7 Å². The molecule has 19 heavy (non-hydrogen) atoms. The Bertz CT molecular complexity index is 366. The molecule has 4 N–H and O–H groups in total. The van der Waals surface area contributed by atoms with E-state index < -0.39 is 24.0 Å². The van der Waals surface area contributed by atoms with Crippen molar-refractivity contribution in [2.45, 2.75) is 25.9 Å². The standard InChI is InChI=1S/C11H20N4O4/c1-7(9(12)16)13-11(19)15-5-3-14(4-6-15)8(2)10(17)18/h7-8H,3-6H2,1-2H3,(H2,12,16)(H,13,19)(H,17,18). The third-order valence-electron chi connectivity index (χ3n) is 3.27. The van der Waals surface area contributed by atoms with Gasteiger partial charge in [-0.3, -0.25) is 14.5 Å². The second-order valence-corrected chi connectivity index (χ2v) is 4.61. The summed E-state index contributed by atoms with van der Waals surface area (Å²) >= 11 is 0. The van der Waals surface area contributed by atoms with Gasteiger partial charge < -0.3 is 21.1 Å². The van der Waals surface area contributed by atoms with Gasteiger partial charge in [0.1, 0.15) is 12.1 Å². The second kappa shape index (κ2) is 6.37. The highest BCUT2D eigenvalue weighted by molar-refractivity contribution is 5.85. The van der Waals surface area contributed by atoms with E-state index >= 15 is 0 Å². The number of aliphatic carboxylic acids is 1. The number of nitrogens with two attached hydrogens (primary N) is 1. The molecule has 0 aromatic heterocycles. The van der Waals surface area contributed by atoms with Crippen LogP contribution in [0.15, 0.2) is 0 Å². The largest absolute Gasteiger partial charge is 0.480 e. The SMILES string of the molecule is CC(NC(=O)N1CCN(C(C)C(=O)O)CC1)C(N)=O. The average molecular weight is 272 g/mol. The Kier molecular flexibility index (Phi) is 5.11. The molecule has 0 aliphatic carbocycles. The molecular weight excluding hydrogens is 252 g/mol. The number of rotatable bonds is 4. The van der Waals surface area contributed by atoms with Gasteiger partial charge in [0.2, 0.25) is 5.91 Å². The van der Waals surface area contributed by atoms with Crippen LogP contribution in [0, 0.1) is 0 Å². The first kappa shape index (κ1) is 15.2. The van der Waals surface area contributed by atoms with Crippen molar-refractivity contribution in [2.24, 2.45) is 5.73 Å². The highest BCUT2D eigenvalue weighted by Gasteiger charge is 2.27. The lowest BCUT2D eigenvalue weighted by atomic mass is 10.2. The van der Waals surface area contributed by atoms with Crippen molar-refractivity contribution < 1.29 is 19.5 Å². The van der Waals surface area contributed by atoms with E-state index in [1.165, 1.54) is 6.92 Å². The summed E-state index contributed by atoms with van der Waals surface area (Å²) in [6.07, 6.45) is 0. The molecule has 1 rings (SSSR count). The maximum Gasteiger partial charge on any atom is 0.320 e. The molecular formula is C11H20N4O4. The highest BCUT2D eigenvalue weighted by atomic mass is 16.4. The van der Waals surface area contributed by atoms with Gasteiger partial charge in [-0.1, -0.05) is 0 Å². The quantitative estimate of drug-likeness (QED) is 0.586. The van der Waals surface area contributed by atoms with Gasteiger partial charge in [0, 0.05) is 26.2 Å². The lowest BCUT2D eigenvalue weighted by molar-refractivity contribution is -0.143. The van der Waals surface area contributed by atoms with Crippen LogP contribution in [0.25, 0.3) is 0 Å². The van der Waals surface area contributed by atoms with Crippen molar-refractivity contribution in [3.8, 4) is 0 Å². The van der Waals surface area contributed by atoms with Crippen molar-refractivity contribution in [3.63, 3.8) is 0 Å².